The first-order valence-electron chi connectivity index (χ1n) is 6.92. The third kappa shape index (κ3) is 2.94. The molecule has 1 aromatic rings. The minimum atomic E-state index is -0.276. The van der Waals surface area contributed by atoms with E-state index in [0.717, 1.165) is 31.1 Å². The van der Waals surface area contributed by atoms with Crippen molar-refractivity contribution < 1.29 is 4.39 Å². The number of hydrogen-bond donors (Lipinski definition) is 1. The Morgan fingerprint density at radius 1 is 1.37 bits per heavy atom. The van der Waals surface area contributed by atoms with Gasteiger partial charge in [0.1, 0.15) is 5.82 Å². The van der Waals surface area contributed by atoms with E-state index in [2.05, 4.69) is 16.3 Å². The van der Waals surface area contributed by atoms with Crippen molar-refractivity contribution in [2.45, 2.75) is 37.9 Å². The Morgan fingerprint density at radius 2 is 2.21 bits per heavy atom. The van der Waals surface area contributed by atoms with Crippen LogP contribution in [0.25, 0.3) is 0 Å². The third-order valence-electron chi connectivity index (χ3n) is 4.05. The van der Waals surface area contributed by atoms with Gasteiger partial charge in [0, 0.05) is 31.7 Å². The first-order valence-corrected chi connectivity index (χ1v) is 6.92. The van der Waals surface area contributed by atoms with Crippen LogP contribution in [-0.4, -0.2) is 30.1 Å². The van der Waals surface area contributed by atoms with Gasteiger partial charge in [0.25, 0.3) is 0 Å². The molecule has 1 aliphatic heterocycles. The number of hydrogen-bond acceptors (Lipinski definition) is 3. The summed E-state index contributed by atoms with van der Waals surface area (Å²) in [5.74, 6) is -0.276. The first kappa shape index (κ1) is 12.6. The normalized spacial score (nSPS) is 23.5. The van der Waals surface area contributed by atoms with Crippen LogP contribution in [0.5, 0.6) is 0 Å². The fourth-order valence-corrected chi connectivity index (χ4v) is 2.80. The number of nitriles is 1. The molecule has 1 N–H and O–H groups in total. The zero-order chi connectivity index (χ0) is 13.2. The van der Waals surface area contributed by atoms with Gasteiger partial charge in [0.2, 0.25) is 0 Å². The van der Waals surface area contributed by atoms with Gasteiger partial charge in [-0.25, -0.2) is 4.39 Å². The Morgan fingerprint density at radius 3 is 2.95 bits per heavy atom. The molecule has 4 heteroatoms. The Bertz CT molecular complexity index is 505. The third-order valence-corrected chi connectivity index (χ3v) is 4.05. The molecule has 0 bridgehead atoms. The van der Waals surface area contributed by atoms with Gasteiger partial charge in [0.05, 0.1) is 11.6 Å². The van der Waals surface area contributed by atoms with Gasteiger partial charge in [-0.2, -0.15) is 5.26 Å². The van der Waals surface area contributed by atoms with Crippen LogP contribution >= 0.6 is 0 Å². The highest BCUT2D eigenvalue weighted by Gasteiger charge is 2.34. The molecule has 0 radical (unpaired) electrons. The molecule has 19 heavy (non-hydrogen) atoms. The second-order valence-electron chi connectivity index (χ2n) is 5.51. The van der Waals surface area contributed by atoms with Crippen LogP contribution in [0.15, 0.2) is 18.2 Å². The van der Waals surface area contributed by atoms with Gasteiger partial charge < -0.3 is 5.32 Å². The molecule has 1 aliphatic carbocycles. The first-order chi connectivity index (χ1) is 9.26. The molecule has 2 fully saturated rings. The molecule has 3 nitrogen and oxygen atoms in total. The molecule has 0 amide bonds. The maximum Gasteiger partial charge on any atom is 0.123 e. The van der Waals surface area contributed by atoms with Gasteiger partial charge in [-0.3, -0.25) is 4.90 Å². The zero-order valence-corrected chi connectivity index (χ0v) is 10.9. The topological polar surface area (TPSA) is 39.1 Å². The van der Waals surface area contributed by atoms with Crippen molar-refractivity contribution >= 4 is 0 Å². The maximum atomic E-state index is 13.2. The summed E-state index contributed by atoms with van der Waals surface area (Å²) in [7, 11) is 0. The average molecular weight is 259 g/mol. The van der Waals surface area contributed by atoms with Gasteiger partial charge in [0.15, 0.2) is 0 Å². The number of likely N-dealkylation sites (tertiary alicyclic amines) is 1. The standard InChI is InChI=1S/C15H18FN3/c16-13-2-1-11(8-17)12(7-13)9-18-14-5-6-19(10-14)15-3-4-15/h1-2,7,14-15,18H,3-6,9-10H2. The van der Waals surface area contributed by atoms with Crippen molar-refractivity contribution in [2.75, 3.05) is 13.1 Å². The average Bonchev–Trinajstić information content (AvgIpc) is 3.16. The highest BCUT2D eigenvalue weighted by Crippen LogP contribution is 2.29. The second kappa shape index (κ2) is 5.28. The predicted molar refractivity (Wildman–Crippen MR) is 71.0 cm³/mol. The summed E-state index contributed by atoms with van der Waals surface area (Å²) < 4.78 is 13.2. The molecule has 100 valence electrons. The van der Waals surface area contributed by atoms with E-state index >= 15 is 0 Å². The van der Waals surface area contributed by atoms with Crippen molar-refractivity contribution in [3.05, 3.63) is 35.1 Å². The van der Waals surface area contributed by atoms with E-state index in [0.29, 0.717) is 18.2 Å². The molecule has 3 rings (SSSR count). The van der Waals surface area contributed by atoms with Crippen LogP contribution < -0.4 is 5.32 Å². The lowest BCUT2D eigenvalue weighted by Crippen LogP contribution is -2.33. The van der Waals surface area contributed by atoms with E-state index in [1.165, 1.54) is 25.0 Å². The predicted octanol–water partition coefficient (Wildman–Crippen LogP) is 2.02. The lowest BCUT2D eigenvalue weighted by atomic mass is 10.1. The Labute approximate surface area is 113 Å². The molecule has 1 atom stereocenters. The minimum Gasteiger partial charge on any atom is -0.309 e. The van der Waals surface area contributed by atoms with E-state index < -0.39 is 0 Å². The molecule has 0 spiro atoms. The van der Waals surface area contributed by atoms with Crippen molar-refractivity contribution in [1.29, 1.82) is 5.26 Å². The quantitative estimate of drug-likeness (QED) is 0.899. The summed E-state index contributed by atoms with van der Waals surface area (Å²) in [6.07, 6.45) is 3.83. The molecular weight excluding hydrogens is 241 g/mol. The highest BCUT2D eigenvalue weighted by molar-refractivity contribution is 5.37. The van der Waals surface area contributed by atoms with Crippen LogP contribution in [0.4, 0.5) is 4.39 Å². The Hall–Kier alpha value is -1.44. The molecule has 1 saturated carbocycles. The van der Waals surface area contributed by atoms with Crippen LogP contribution in [0.3, 0.4) is 0 Å². The number of benzene rings is 1. The number of halogens is 1. The van der Waals surface area contributed by atoms with E-state index in [1.807, 2.05) is 0 Å². The summed E-state index contributed by atoms with van der Waals surface area (Å²) in [6.45, 7) is 2.82. The lowest BCUT2D eigenvalue weighted by Gasteiger charge is -2.16. The van der Waals surface area contributed by atoms with Crippen LogP contribution in [-0.2, 0) is 6.54 Å². The molecular formula is C15H18FN3. The molecule has 1 heterocycles. The van der Waals surface area contributed by atoms with E-state index in [1.54, 1.807) is 6.07 Å². The fourth-order valence-electron chi connectivity index (χ4n) is 2.80. The fraction of sp³-hybridized carbons (Fsp3) is 0.533. The smallest absolute Gasteiger partial charge is 0.123 e. The van der Waals surface area contributed by atoms with Crippen LogP contribution in [0.2, 0.25) is 0 Å². The minimum absolute atomic E-state index is 0.276. The largest absolute Gasteiger partial charge is 0.309 e. The molecule has 0 aromatic heterocycles. The summed E-state index contributed by atoms with van der Waals surface area (Å²) in [5, 5.41) is 12.5. The van der Waals surface area contributed by atoms with Gasteiger partial charge in [-0.05, 0) is 43.0 Å². The SMILES string of the molecule is N#Cc1ccc(F)cc1CNC1CCN(C2CC2)C1. The second-order valence-corrected chi connectivity index (χ2v) is 5.51. The van der Waals surface area contributed by atoms with Crippen molar-refractivity contribution in [3.63, 3.8) is 0 Å². The monoisotopic (exact) mass is 259 g/mol. The summed E-state index contributed by atoms with van der Waals surface area (Å²) in [6, 6.07) is 7.75. The Balaban J connectivity index is 1.57. The molecule has 1 saturated heterocycles. The van der Waals surface area contributed by atoms with Crippen molar-refractivity contribution in [2.24, 2.45) is 0 Å². The van der Waals surface area contributed by atoms with Gasteiger partial charge >= 0.3 is 0 Å². The van der Waals surface area contributed by atoms with E-state index in [4.69, 9.17) is 5.26 Å². The summed E-state index contributed by atoms with van der Waals surface area (Å²) in [5.41, 5.74) is 1.32. The van der Waals surface area contributed by atoms with Crippen LogP contribution in [0, 0.1) is 17.1 Å². The number of nitrogens with one attached hydrogen (secondary N) is 1. The maximum absolute atomic E-state index is 13.2. The van der Waals surface area contributed by atoms with Crippen LogP contribution in [0.1, 0.15) is 30.4 Å². The van der Waals surface area contributed by atoms with E-state index in [9.17, 15) is 4.39 Å². The number of rotatable bonds is 4. The Kier molecular flexibility index (Phi) is 3.50. The van der Waals surface area contributed by atoms with Crippen molar-refractivity contribution in [1.82, 2.24) is 10.2 Å². The zero-order valence-electron chi connectivity index (χ0n) is 10.9. The number of nitrogens with zero attached hydrogens (tertiary/aromatic N) is 2. The molecule has 2 aliphatic rings. The summed E-state index contributed by atoms with van der Waals surface area (Å²) >= 11 is 0. The molecule has 1 unspecified atom stereocenters. The summed E-state index contributed by atoms with van der Waals surface area (Å²) in [4.78, 5) is 2.54. The van der Waals surface area contributed by atoms with Gasteiger partial charge in [-0.15, -0.1) is 0 Å². The molecule has 1 aromatic carbocycles. The lowest BCUT2D eigenvalue weighted by molar-refractivity contribution is 0.317. The highest BCUT2D eigenvalue weighted by atomic mass is 19.1. The van der Waals surface area contributed by atoms with Crippen molar-refractivity contribution in [3.8, 4) is 6.07 Å². The van der Waals surface area contributed by atoms with E-state index in [-0.39, 0.29) is 5.82 Å². The van der Waals surface area contributed by atoms with Gasteiger partial charge in [-0.1, -0.05) is 0 Å².